The summed E-state index contributed by atoms with van der Waals surface area (Å²) in [6.45, 7) is 0.574. The molecule has 0 spiro atoms. The Morgan fingerprint density at radius 2 is 2.17 bits per heavy atom. The van der Waals surface area contributed by atoms with Gasteiger partial charge >= 0.3 is 0 Å². The molecule has 1 rings (SSSR count). The van der Waals surface area contributed by atoms with Gasteiger partial charge in [0.1, 0.15) is 0 Å². The quantitative estimate of drug-likeness (QED) is 0.556. The molecule has 0 saturated heterocycles. The Bertz CT molecular complexity index is 154. The van der Waals surface area contributed by atoms with Crippen LogP contribution in [0.1, 0.15) is 19.3 Å². The second-order valence-electron chi connectivity index (χ2n) is 2.97. The second kappa shape index (κ2) is 5.35. The first-order chi connectivity index (χ1) is 5.24. The van der Waals surface area contributed by atoms with Gasteiger partial charge in [0.25, 0.3) is 0 Å². The van der Waals surface area contributed by atoms with Gasteiger partial charge in [-0.2, -0.15) is 0 Å². The molecular formula is C7H16ClN3O. The third-order valence-electron chi connectivity index (χ3n) is 1.79. The molecule has 0 radical (unpaired) electrons. The van der Waals surface area contributed by atoms with E-state index in [0.717, 1.165) is 12.8 Å². The first-order valence-corrected chi connectivity index (χ1v) is 3.99. The number of rotatable bonds is 4. The van der Waals surface area contributed by atoms with E-state index in [0.29, 0.717) is 13.0 Å². The minimum Gasteiger partial charge on any atom is -0.352 e. The minimum absolute atomic E-state index is 0. The maximum atomic E-state index is 11.0. The standard InChI is InChI=1S/C7H15N3O.ClH/c8-3-1-2-7(11)10-6-4-5(6)9;/h5-6H,1-4,8-9H2,(H,10,11);1H. The average molecular weight is 194 g/mol. The van der Waals surface area contributed by atoms with Crippen LogP contribution >= 0.6 is 12.4 Å². The Hall–Kier alpha value is -0.320. The first kappa shape index (κ1) is 11.7. The van der Waals surface area contributed by atoms with Gasteiger partial charge in [0.15, 0.2) is 0 Å². The highest BCUT2D eigenvalue weighted by Crippen LogP contribution is 2.17. The van der Waals surface area contributed by atoms with Crippen molar-refractivity contribution >= 4 is 18.3 Å². The monoisotopic (exact) mass is 193 g/mol. The molecule has 5 heteroatoms. The lowest BCUT2D eigenvalue weighted by Crippen LogP contribution is -2.29. The van der Waals surface area contributed by atoms with E-state index in [-0.39, 0.29) is 30.4 Å². The van der Waals surface area contributed by atoms with Gasteiger partial charge in [0.2, 0.25) is 5.91 Å². The Balaban J connectivity index is 0.00000121. The van der Waals surface area contributed by atoms with Crippen molar-refractivity contribution in [1.29, 1.82) is 0 Å². The van der Waals surface area contributed by atoms with E-state index < -0.39 is 0 Å². The molecule has 72 valence electrons. The lowest BCUT2D eigenvalue weighted by molar-refractivity contribution is -0.121. The molecule has 1 aliphatic carbocycles. The number of hydrogen-bond donors (Lipinski definition) is 3. The first-order valence-electron chi connectivity index (χ1n) is 3.99. The average Bonchev–Trinajstić information content (AvgIpc) is 2.62. The van der Waals surface area contributed by atoms with Gasteiger partial charge in [0, 0.05) is 18.5 Å². The largest absolute Gasteiger partial charge is 0.352 e. The lowest BCUT2D eigenvalue weighted by atomic mass is 10.3. The maximum Gasteiger partial charge on any atom is 0.220 e. The number of carbonyl (C=O) groups excluding carboxylic acids is 1. The molecule has 0 heterocycles. The molecule has 1 saturated carbocycles. The Labute approximate surface area is 78.5 Å². The molecule has 1 aliphatic rings. The summed E-state index contributed by atoms with van der Waals surface area (Å²) in [7, 11) is 0. The predicted molar refractivity (Wildman–Crippen MR) is 50.1 cm³/mol. The molecule has 0 aromatic rings. The van der Waals surface area contributed by atoms with Crippen molar-refractivity contribution in [1.82, 2.24) is 5.32 Å². The Kier molecular flexibility index (Phi) is 5.20. The second-order valence-corrected chi connectivity index (χ2v) is 2.97. The van der Waals surface area contributed by atoms with Crippen molar-refractivity contribution in [2.45, 2.75) is 31.3 Å². The zero-order valence-electron chi connectivity index (χ0n) is 6.95. The number of amides is 1. The molecule has 1 fully saturated rings. The van der Waals surface area contributed by atoms with Crippen molar-refractivity contribution in [3.63, 3.8) is 0 Å². The molecule has 5 N–H and O–H groups in total. The number of nitrogens with one attached hydrogen (secondary N) is 1. The molecule has 4 nitrogen and oxygen atoms in total. The normalized spacial score (nSPS) is 25.8. The third-order valence-corrected chi connectivity index (χ3v) is 1.79. The summed E-state index contributed by atoms with van der Waals surface area (Å²) < 4.78 is 0. The number of hydrogen-bond acceptors (Lipinski definition) is 3. The Morgan fingerprint density at radius 3 is 2.58 bits per heavy atom. The van der Waals surface area contributed by atoms with Crippen LogP contribution in [0.3, 0.4) is 0 Å². The van der Waals surface area contributed by atoms with Crippen molar-refractivity contribution in [2.75, 3.05) is 6.54 Å². The maximum absolute atomic E-state index is 11.0. The van der Waals surface area contributed by atoms with Crippen molar-refractivity contribution < 1.29 is 4.79 Å². The van der Waals surface area contributed by atoms with Gasteiger partial charge < -0.3 is 16.8 Å². The third kappa shape index (κ3) is 3.90. The fraction of sp³-hybridized carbons (Fsp3) is 0.857. The van der Waals surface area contributed by atoms with Crippen LogP contribution in [0.25, 0.3) is 0 Å². The van der Waals surface area contributed by atoms with Crippen LogP contribution in [0, 0.1) is 0 Å². The van der Waals surface area contributed by atoms with Crippen molar-refractivity contribution in [3.05, 3.63) is 0 Å². The van der Waals surface area contributed by atoms with Crippen molar-refractivity contribution in [2.24, 2.45) is 11.5 Å². The van der Waals surface area contributed by atoms with E-state index in [4.69, 9.17) is 11.5 Å². The van der Waals surface area contributed by atoms with Crippen LogP contribution in [0.15, 0.2) is 0 Å². The number of carbonyl (C=O) groups is 1. The fourth-order valence-corrected chi connectivity index (χ4v) is 0.922. The van der Waals surface area contributed by atoms with Crippen LogP contribution in [0.2, 0.25) is 0 Å². The summed E-state index contributed by atoms with van der Waals surface area (Å²) in [5, 5.41) is 2.82. The summed E-state index contributed by atoms with van der Waals surface area (Å²) in [6.07, 6.45) is 2.21. The van der Waals surface area contributed by atoms with E-state index in [1.54, 1.807) is 0 Å². The smallest absolute Gasteiger partial charge is 0.220 e. The van der Waals surface area contributed by atoms with Gasteiger partial charge in [0.05, 0.1) is 0 Å². The van der Waals surface area contributed by atoms with Gasteiger partial charge in [-0.15, -0.1) is 12.4 Å². The van der Waals surface area contributed by atoms with E-state index in [9.17, 15) is 4.79 Å². The molecular weight excluding hydrogens is 178 g/mol. The van der Waals surface area contributed by atoms with E-state index in [1.165, 1.54) is 0 Å². The summed E-state index contributed by atoms with van der Waals surface area (Å²) in [5.41, 5.74) is 10.7. The Morgan fingerprint density at radius 1 is 1.58 bits per heavy atom. The van der Waals surface area contributed by atoms with Gasteiger partial charge in [-0.1, -0.05) is 0 Å². The van der Waals surface area contributed by atoms with E-state index >= 15 is 0 Å². The number of nitrogens with two attached hydrogens (primary N) is 2. The highest BCUT2D eigenvalue weighted by Gasteiger charge is 2.34. The zero-order valence-corrected chi connectivity index (χ0v) is 7.77. The van der Waals surface area contributed by atoms with Crippen LogP contribution in [-0.4, -0.2) is 24.5 Å². The SMILES string of the molecule is Cl.NCCCC(=O)NC1CC1N. The van der Waals surface area contributed by atoms with Crippen LogP contribution in [-0.2, 0) is 4.79 Å². The van der Waals surface area contributed by atoms with Crippen LogP contribution in [0.4, 0.5) is 0 Å². The fourth-order valence-electron chi connectivity index (χ4n) is 0.922. The van der Waals surface area contributed by atoms with Gasteiger partial charge in [-0.05, 0) is 19.4 Å². The van der Waals surface area contributed by atoms with Gasteiger partial charge in [-0.25, -0.2) is 0 Å². The molecule has 0 aliphatic heterocycles. The molecule has 2 atom stereocenters. The summed E-state index contributed by atoms with van der Waals surface area (Å²) >= 11 is 0. The van der Waals surface area contributed by atoms with Crippen molar-refractivity contribution in [3.8, 4) is 0 Å². The molecule has 2 unspecified atom stereocenters. The molecule has 0 aromatic heterocycles. The highest BCUT2D eigenvalue weighted by molar-refractivity contribution is 5.85. The summed E-state index contributed by atoms with van der Waals surface area (Å²) in [5.74, 6) is 0.0772. The number of halogens is 1. The van der Waals surface area contributed by atoms with E-state index in [2.05, 4.69) is 5.32 Å². The van der Waals surface area contributed by atoms with Gasteiger partial charge in [-0.3, -0.25) is 4.79 Å². The lowest BCUT2D eigenvalue weighted by Gasteiger charge is -2.01. The molecule has 12 heavy (non-hydrogen) atoms. The highest BCUT2D eigenvalue weighted by atomic mass is 35.5. The molecule has 1 amide bonds. The topological polar surface area (TPSA) is 81.1 Å². The summed E-state index contributed by atoms with van der Waals surface area (Å²) in [4.78, 5) is 11.0. The summed E-state index contributed by atoms with van der Waals surface area (Å²) in [6, 6.07) is 0.428. The zero-order chi connectivity index (χ0) is 8.27. The predicted octanol–water partition coefficient (Wildman–Crippen LogP) is -0.637. The van der Waals surface area contributed by atoms with E-state index in [1.807, 2.05) is 0 Å². The molecule has 0 aromatic carbocycles. The van der Waals surface area contributed by atoms with Crippen LogP contribution < -0.4 is 16.8 Å². The minimum atomic E-state index is 0. The van der Waals surface area contributed by atoms with Crippen LogP contribution in [0.5, 0.6) is 0 Å². The molecule has 0 bridgehead atoms.